The number of benzene rings is 2. The number of carbonyl (C=O) groups excluding carboxylic acids is 1. The highest BCUT2D eigenvalue weighted by Crippen LogP contribution is 2.31. The summed E-state index contributed by atoms with van der Waals surface area (Å²) in [6.45, 7) is 7.07. The molecule has 0 saturated carbocycles. The Balaban J connectivity index is 1.65. The van der Waals surface area contributed by atoms with E-state index >= 15 is 0 Å². The first-order valence-electron chi connectivity index (χ1n) is 9.91. The van der Waals surface area contributed by atoms with Crippen LogP contribution >= 0.6 is 11.8 Å². The molecule has 3 aromatic rings. The SMILES string of the molecule is CCOc1ccc(-n2c(SC(C)C(=O)N3CCOCC3)nc3ccccc32)cc1. The number of imidazole rings is 1. The van der Waals surface area contributed by atoms with Crippen molar-refractivity contribution < 1.29 is 14.3 Å². The van der Waals surface area contributed by atoms with Crippen LogP contribution < -0.4 is 4.74 Å². The summed E-state index contributed by atoms with van der Waals surface area (Å²) < 4.78 is 13.0. The second-order valence-corrected chi connectivity index (χ2v) is 8.15. The highest BCUT2D eigenvalue weighted by atomic mass is 32.2. The molecule has 0 radical (unpaired) electrons. The fourth-order valence-electron chi connectivity index (χ4n) is 3.44. The first-order valence-corrected chi connectivity index (χ1v) is 10.8. The molecule has 0 bridgehead atoms. The van der Waals surface area contributed by atoms with Gasteiger partial charge < -0.3 is 14.4 Å². The number of nitrogens with zero attached hydrogens (tertiary/aromatic N) is 3. The Hall–Kier alpha value is -2.51. The van der Waals surface area contributed by atoms with Gasteiger partial charge in [0.25, 0.3) is 0 Å². The van der Waals surface area contributed by atoms with Crippen molar-refractivity contribution in [2.24, 2.45) is 0 Å². The molecule has 0 spiro atoms. The van der Waals surface area contributed by atoms with Crippen molar-refractivity contribution in [3.05, 3.63) is 48.5 Å². The first-order chi connectivity index (χ1) is 14.2. The molecule has 2 aromatic carbocycles. The molecule has 1 saturated heterocycles. The third kappa shape index (κ3) is 4.26. The molecule has 2 heterocycles. The summed E-state index contributed by atoms with van der Waals surface area (Å²) in [5.74, 6) is 0.967. The van der Waals surface area contributed by atoms with Crippen molar-refractivity contribution in [1.29, 1.82) is 0 Å². The van der Waals surface area contributed by atoms with Crippen molar-refractivity contribution in [1.82, 2.24) is 14.5 Å². The number of thioether (sulfide) groups is 1. The summed E-state index contributed by atoms with van der Waals surface area (Å²) in [6, 6.07) is 16.0. The number of morpholine rings is 1. The van der Waals surface area contributed by atoms with Crippen molar-refractivity contribution in [3.63, 3.8) is 0 Å². The molecule has 1 aromatic heterocycles. The Labute approximate surface area is 174 Å². The van der Waals surface area contributed by atoms with Crippen LogP contribution in [0.15, 0.2) is 53.7 Å². The molecule has 0 aliphatic carbocycles. The fraction of sp³-hybridized carbons (Fsp3) is 0.364. The van der Waals surface area contributed by atoms with Crippen LogP contribution in [-0.2, 0) is 9.53 Å². The molecule has 1 atom stereocenters. The van der Waals surface area contributed by atoms with Gasteiger partial charge in [-0.1, -0.05) is 23.9 Å². The maximum Gasteiger partial charge on any atom is 0.236 e. The van der Waals surface area contributed by atoms with Gasteiger partial charge in [0, 0.05) is 18.8 Å². The summed E-state index contributed by atoms with van der Waals surface area (Å²) in [6.07, 6.45) is 0. The second kappa shape index (κ2) is 8.88. The molecule has 4 rings (SSSR count). The highest BCUT2D eigenvalue weighted by molar-refractivity contribution is 8.00. The van der Waals surface area contributed by atoms with Gasteiger partial charge >= 0.3 is 0 Å². The largest absolute Gasteiger partial charge is 0.494 e. The number of fused-ring (bicyclic) bond motifs is 1. The first kappa shape index (κ1) is 19.8. The smallest absolute Gasteiger partial charge is 0.236 e. The number of para-hydroxylation sites is 2. The minimum Gasteiger partial charge on any atom is -0.494 e. The Bertz CT molecular complexity index is 981. The van der Waals surface area contributed by atoms with E-state index < -0.39 is 0 Å². The van der Waals surface area contributed by atoms with Crippen LogP contribution in [0, 0.1) is 0 Å². The lowest BCUT2D eigenvalue weighted by Crippen LogP contribution is -2.44. The fourth-order valence-corrected chi connectivity index (χ4v) is 4.47. The van der Waals surface area contributed by atoms with Gasteiger partial charge in [0.05, 0.1) is 36.1 Å². The minimum atomic E-state index is -0.230. The van der Waals surface area contributed by atoms with Crippen molar-refractivity contribution >= 4 is 28.7 Å². The molecule has 0 N–H and O–H groups in total. The topological polar surface area (TPSA) is 56.6 Å². The van der Waals surface area contributed by atoms with Crippen LogP contribution in [0.5, 0.6) is 5.75 Å². The normalized spacial score (nSPS) is 15.4. The average Bonchev–Trinajstić information content (AvgIpc) is 3.12. The Morgan fingerprint density at radius 3 is 2.62 bits per heavy atom. The standard InChI is InChI=1S/C22H25N3O3S/c1-3-28-18-10-8-17(9-11-18)25-20-7-5-4-6-19(20)23-22(25)29-16(2)21(26)24-12-14-27-15-13-24/h4-11,16H,3,12-15H2,1-2H3. The molecule has 1 fully saturated rings. The predicted molar refractivity (Wildman–Crippen MR) is 115 cm³/mol. The molecular formula is C22H25N3O3S. The summed E-state index contributed by atoms with van der Waals surface area (Å²) in [7, 11) is 0. The third-order valence-electron chi connectivity index (χ3n) is 4.89. The van der Waals surface area contributed by atoms with E-state index in [4.69, 9.17) is 14.5 Å². The van der Waals surface area contributed by atoms with Crippen LogP contribution in [-0.4, -0.2) is 58.5 Å². The molecule has 1 amide bonds. The van der Waals surface area contributed by atoms with Gasteiger partial charge in [-0.05, 0) is 50.2 Å². The van der Waals surface area contributed by atoms with Gasteiger partial charge in [0.15, 0.2) is 5.16 Å². The zero-order valence-electron chi connectivity index (χ0n) is 16.7. The number of amides is 1. The maximum absolute atomic E-state index is 12.9. The second-order valence-electron chi connectivity index (χ2n) is 6.84. The number of aromatic nitrogens is 2. The summed E-state index contributed by atoms with van der Waals surface area (Å²) in [5, 5.41) is 0.579. The average molecular weight is 412 g/mol. The van der Waals surface area contributed by atoms with Gasteiger partial charge in [-0.15, -0.1) is 0 Å². The van der Waals surface area contributed by atoms with Gasteiger partial charge in [0.1, 0.15) is 5.75 Å². The van der Waals surface area contributed by atoms with Crippen molar-refractivity contribution in [3.8, 4) is 11.4 Å². The van der Waals surface area contributed by atoms with E-state index in [1.807, 2.05) is 61.2 Å². The summed E-state index contributed by atoms with van der Waals surface area (Å²) in [5.41, 5.74) is 2.93. The molecule has 1 unspecified atom stereocenters. The molecule has 1 aliphatic heterocycles. The number of ether oxygens (including phenoxy) is 2. The molecule has 7 heteroatoms. The van der Waals surface area contributed by atoms with Gasteiger partial charge in [0.2, 0.25) is 5.91 Å². The number of rotatable bonds is 6. The van der Waals surface area contributed by atoms with Crippen molar-refractivity contribution in [2.45, 2.75) is 24.3 Å². The highest BCUT2D eigenvalue weighted by Gasteiger charge is 2.25. The van der Waals surface area contributed by atoms with Gasteiger partial charge in [-0.2, -0.15) is 0 Å². The van der Waals surface area contributed by atoms with Crippen molar-refractivity contribution in [2.75, 3.05) is 32.9 Å². The van der Waals surface area contributed by atoms with E-state index in [-0.39, 0.29) is 11.2 Å². The summed E-state index contributed by atoms with van der Waals surface area (Å²) >= 11 is 1.50. The maximum atomic E-state index is 12.9. The lowest BCUT2D eigenvalue weighted by atomic mass is 10.2. The van der Waals surface area contributed by atoms with E-state index in [1.165, 1.54) is 11.8 Å². The van der Waals surface area contributed by atoms with E-state index in [0.717, 1.165) is 27.6 Å². The molecular weight excluding hydrogens is 386 g/mol. The summed E-state index contributed by atoms with van der Waals surface area (Å²) in [4.78, 5) is 19.6. The number of hydrogen-bond donors (Lipinski definition) is 0. The van der Waals surface area contributed by atoms with Crippen LogP contribution in [0.2, 0.25) is 0 Å². The molecule has 29 heavy (non-hydrogen) atoms. The predicted octanol–water partition coefficient (Wildman–Crippen LogP) is 3.76. The van der Waals surface area contributed by atoms with Crippen LogP contribution in [0.3, 0.4) is 0 Å². The van der Waals surface area contributed by atoms with E-state index in [0.29, 0.717) is 32.9 Å². The van der Waals surface area contributed by atoms with Crippen LogP contribution in [0.1, 0.15) is 13.8 Å². The van der Waals surface area contributed by atoms with Gasteiger partial charge in [-0.25, -0.2) is 4.98 Å². The van der Waals surface area contributed by atoms with E-state index in [9.17, 15) is 4.79 Å². The number of carbonyl (C=O) groups is 1. The van der Waals surface area contributed by atoms with Crippen LogP contribution in [0.25, 0.3) is 16.7 Å². The van der Waals surface area contributed by atoms with Gasteiger partial charge in [-0.3, -0.25) is 9.36 Å². The Morgan fingerprint density at radius 2 is 1.90 bits per heavy atom. The monoisotopic (exact) mass is 411 g/mol. The molecule has 6 nitrogen and oxygen atoms in total. The lowest BCUT2D eigenvalue weighted by Gasteiger charge is -2.29. The van der Waals surface area contributed by atoms with E-state index in [2.05, 4.69) is 10.6 Å². The van der Waals surface area contributed by atoms with E-state index in [1.54, 1.807) is 0 Å². The quantitative estimate of drug-likeness (QED) is 0.578. The minimum absolute atomic E-state index is 0.128. The Kier molecular flexibility index (Phi) is 6.06. The zero-order chi connectivity index (χ0) is 20.2. The number of hydrogen-bond acceptors (Lipinski definition) is 5. The Morgan fingerprint density at radius 1 is 1.17 bits per heavy atom. The molecule has 1 aliphatic rings. The lowest BCUT2D eigenvalue weighted by molar-refractivity contribution is -0.134. The van der Waals surface area contributed by atoms with Crippen LogP contribution in [0.4, 0.5) is 0 Å². The molecule has 152 valence electrons. The zero-order valence-corrected chi connectivity index (χ0v) is 17.5. The third-order valence-corrected chi connectivity index (χ3v) is 5.93.